The van der Waals surface area contributed by atoms with Gasteiger partial charge in [-0.2, -0.15) is 5.26 Å². The quantitative estimate of drug-likeness (QED) is 0.384. The predicted octanol–water partition coefficient (Wildman–Crippen LogP) is 5.54. The van der Waals surface area contributed by atoms with Gasteiger partial charge in [0.15, 0.2) is 5.58 Å². The van der Waals surface area contributed by atoms with Gasteiger partial charge >= 0.3 is 0 Å². The standard InChI is InChI=1S/C25H27N3O2/c26-19-21(25-22-11-4-6-13-24(22)30-27-25)18-20-10-3-5-12-23(20)29-17-9-16-28-14-7-1-2-8-15-28/h3-6,10-13,18H,1-2,7-9,14-17H2/b21-18+. The molecule has 0 amide bonds. The number of rotatable bonds is 7. The van der Waals surface area contributed by atoms with E-state index in [-0.39, 0.29) is 0 Å². The van der Waals surface area contributed by atoms with Crippen molar-refractivity contribution in [1.29, 1.82) is 5.26 Å². The van der Waals surface area contributed by atoms with Crippen molar-refractivity contribution in [3.63, 3.8) is 0 Å². The van der Waals surface area contributed by atoms with Crippen molar-refractivity contribution in [2.24, 2.45) is 0 Å². The Morgan fingerprint density at radius 2 is 1.83 bits per heavy atom. The number of ether oxygens (including phenoxy) is 1. The molecule has 1 aromatic heterocycles. The van der Waals surface area contributed by atoms with Crippen LogP contribution in [0.25, 0.3) is 22.6 Å². The lowest BCUT2D eigenvalue weighted by Gasteiger charge is -2.19. The van der Waals surface area contributed by atoms with Crippen LogP contribution in [-0.2, 0) is 0 Å². The summed E-state index contributed by atoms with van der Waals surface area (Å²) in [4.78, 5) is 2.55. The summed E-state index contributed by atoms with van der Waals surface area (Å²) >= 11 is 0. The summed E-state index contributed by atoms with van der Waals surface area (Å²) in [5.74, 6) is 0.786. The average Bonchev–Trinajstić information content (AvgIpc) is 3.03. The van der Waals surface area contributed by atoms with Crippen molar-refractivity contribution in [1.82, 2.24) is 10.1 Å². The highest BCUT2D eigenvalue weighted by Crippen LogP contribution is 2.28. The Labute approximate surface area is 177 Å². The topological polar surface area (TPSA) is 62.3 Å². The van der Waals surface area contributed by atoms with Crippen LogP contribution in [0.1, 0.15) is 43.4 Å². The van der Waals surface area contributed by atoms with Gasteiger partial charge in [0.05, 0.1) is 17.6 Å². The number of aromatic nitrogens is 1. The number of likely N-dealkylation sites (tertiary alicyclic amines) is 1. The van der Waals surface area contributed by atoms with Crippen LogP contribution in [-0.4, -0.2) is 36.3 Å². The second-order valence-corrected chi connectivity index (χ2v) is 7.69. The minimum atomic E-state index is 0.459. The van der Waals surface area contributed by atoms with Crippen molar-refractivity contribution in [3.05, 3.63) is 59.8 Å². The summed E-state index contributed by atoms with van der Waals surface area (Å²) in [5.41, 5.74) is 2.56. The average molecular weight is 402 g/mol. The van der Waals surface area contributed by atoms with Crippen LogP contribution in [0.4, 0.5) is 0 Å². The zero-order valence-corrected chi connectivity index (χ0v) is 17.2. The first-order valence-electron chi connectivity index (χ1n) is 10.8. The molecule has 1 aliphatic heterocycles. The van der Waals surface area contributed by atoms with E-state index in [2.05, 4.69) is 16.1 Å². The van der Waals surface area contributed by atoms with Crippen LogP contribution in [0.15, 0.2) is 53.1 Å². The van der Waals surface area contributed by atoms with E-state index in [0.29, 0.717) is 23.5 Å². The lowest BCUT2D eigenvalue weighted by Crippen LogP contribution is -2.26. The molecule has 30 heavy (non-hydrogen) atoms. The Hall–Kier alpha value is -3.10. The van der Waals surface area contributed by atoms with Crippen molar-refractivity contribution >= 4 is 22.6 Å². The van der Waals surface area contributed by atoms with Crippen molar-refractivity contribution in [2.45, 2.75) is 32.1 Å². The van der Waals surface area contributed by atoms with Gasteiger partial charge in [-0.05, 0) is 56.6 Å². The maximum atomic E-state index is 9.74. The molecule has 1 aliphatic rings. The predicted molar refractivity (Wildman–Crippen MR) is 119 cm³/mol. The molecule has 154 valence electrons. The zero-order valence-electron chi connectivity index (χ0n) is 17.2. The molecule has 0 unspecified atom stereocenters. The molecule has 0 spiro atoms. The van der Waals surface area contributed by atoms with E-state index in [1.54, 1.807) is 0 Å². The molecule has 0 bridgehead atoms. The van der Waals surface area contributed by atoms with Crippen LogP contribution in [0.2, 0.25) is 0 Å². The summed E-state index contributed by atoms with van der Waals surface area (Å²) < 4.78 is 11.5. The SMILES string of the molecule is N#C/C(=C\c1ccccc1OCCCN1CCCCCC1)c1noc2ccccc12. The summed E-state index contributed by atoms with van der Waals surface area (Å²) in [6, 6.07) is 17.7. The lowest BCUT2D eigenvalue weighted by molar-refractivity contribution is 0.240. The first kappa shape index (κ1) is 20.2. The monoisotopic (exact) mass is 401 g/mol. The van der Waals surface area contributed by atoms with E-state index in [9.17, 15) is 5.26 Å². The molecule has 2 aromatic carbocycles. The molecular weight excluding hydrogens is 374 g/mol. The largest absolute Gasteiger partial charge is 0.493 e. The molecule has 2 heterocycles. The van der Waals surface area contributed by atoms with Crippen LogP contribution in [0.5, 0.6) is 5.75 Å². The van der Waals surface area contributed by atoms with Gasteiger partial charge in [0.2, 0.25) is 0 Å². The highest BCUT2D eigenvalue weighted by Gasteiger charge is 2.13. The van der Waals surface area contributed by atoms with Gasteiger partial charge in [-0.1, -0.05) is 48.3 Å². The number of nitriles is 1. The molecule has 1 saturated heterocycles. The number of para-hydroxylation sites is 2. The number of fused-ring (bicyclic) bond motifs is 1. The Balaban J connectivity index is 1.45. The first-order chi connectivity index (χ1) is 14.8. The van der Waals surface area contributed by atoms with E-state index in [1.807, 2.05) is 54.6 Å². The summed E-state index contributed by atoms with van der Waals surface area (Å²) in [7, 11) is 0. The molecule has 0 atom stereocenters. The van der Waals surface area contributed by atoms with Crippen LogP contribution < -0.4 is 4.74 Å². The Bertz CT molecular complexity index is 1040. The van der Waals surface area contributed by atoms with Gasteiger partial charge in [0.25, 0.3) is 0 Å². The molecule has 0 saturated carbocycles. The fraction of sp³-hybridized carbons (Fsp3) is 0.360. The number of hydrogen-bond donors (Lipinski definition) is 0. The normalized spacial score (nSPS) is 15.6. The second kappa shape index (κ2) is 10.1. The summed E-state index contributed by atoms with van der Waals surface area (Å²) in [6.07, 6.45) is 8.15. The van der Waals surface area contributed by atoms with Gasteiger partial charge in [0, 0.05) is 12.1 Å². The fourth-order valence-corrected chi connectivity index (χ4v) is 3.95. The highest BCUT2D eigenvalue weighted by molar-refractivity contribution is 5.99. The minimum Gasteiger partial charge on any atom is -0.493 e. The summed E-state index contributed by atoms with van der Waals surface area (Å²) in [6.45, 7) is 4.15. The second-order valence-electron chi connectivity index (χ2n) is 7.69. The van der Waals surface area contributed by atoms with E-state index in [0.717, 1.165) is 29.7 Å². The minimum absolute atomic E-state index is 0.459. The molecule has 5 nitrogen and oxygen atoms in total. The van der Waals surface area contributed by atoms with E-state index >= 15 is 0 Å². The molecule has 0 radical (unpaired) electrons. The van der Waals surface area contributed by atoms with Crippen molar-refractivity contribution in [3.8, 4) is 11.8 Å². The van der Waals surface area contributed by atoms with Crippen LogP contribution in [0.3, 0.4) is 0 Å². The number of allylic oxidation sites excluding steroid dienone is 1. The third-order valence-corrected chi connectivity index (χ3v) is 5.55. The summed E-state index contributed by atoms with van der Waals surface area (Å²) in [5, 5.41) is 14.7. The smallest absolute Gasteiger partial charge is 0.167 e. The molecule has 3 aromatic rings. The van der Waals surface area contributed by atoms with Gasteiger partial charge in [-0.25, -0.2) is 0 Å². The van der Waals surface area contributed by atoms with Crippen molar-refractivity contribution in [2.75, 3.05) is 26.2 Å². The maximum absolute atomic E-state index is 9.74. The molecule has 1 fully saturated rings. The lowest BCUT2D eigenvalue weighted by atomic mass is 10.1. The Kier molecular flexibility index (Phi) is 6.79. The molecular formula is C25H27N3O2. The highest BCUT2D eigenvalue weighted by atomic mass is 16.5. The van der Waals surface area contributed by atoms with E-state index < -0.39 is 0 Å². The number of hydrogen-bond acceptors (Lipinski definition) is 5. The molecule has 5 heteroatoms. The van der Waals surface area contributed by atoms with Crippen LogP contribution in [0, 0.1) is 11.3 Å². The third kappa shape index (κ3) is 4.90. The third-order valence-electron chi connectivity index (χ3n) is 5.55. The van der Waals surface area contributed by atoms with E-state index in [1.165, 1.54) is 38.8 Å². The Morgan fingerprint density at radius 3 is 2.67 bits per heavy atom. The van der Waals surface area contributed by atoms with Gasteiger partial charge in [-0.15, -0.1) is 0 Å². The van der Waals surface area contributed by atoms with Gasteiger partial charge in [0.1, 0.15) is 17.5 Å². The number of nitrogens with zero attached hydrogens (tertiary/aromatic N) is 3. The first-order valence-corrected chi connectivity index (χ1v) is 10.8. The Morgan fingerprint density at radius 1 is 1.07 bits per heavy atom. The van der Waals surface area contributed by atoms with Gasteiger partial charge < -0.3 is 14.2 Å². The molecule has 4 rings (SSSR count). The van der Waals surface area contributed by atoms with E-state index in [4.69, 9.17) is 9.26 Å². The molecule has 0 N–H and O–H groups in total. The van der Waals surface area contributed by atoms with Crippen LogP contribution >= 0.6 is 0 Å². The fourth-order valence-electron chi connectivity index (χ4n) is 3.95. The number of benzene rings is 2. The van der Waals surface area contributed by atoms with Crippen molar-refractivity contribution < 1.29 is 9.26 Å². The maximum Gasteiger partial charge on any atom is 0.167 e. The van der Waals surface area contributed by atoms with Gasteiger partial charge in [-0.3, -0.25) is 0 Å². The molecule has 0 aliphatic carbocycles. The zero-order chi connectivity index (χ0) is 20.6.